The van der Waals surface area contributed by atoms with Crippen molar-refractivity contribution >= 4 is 27.3 Å². The lowest BCUT2D eigenvalue weighted by atomic mass is 10.2. The average Bonchev–Trinajstić information content (AvgIpc) is 2.19. The van der Waals surface area contributed by atoms with Gasteiger partial charge >= 0.3 is 0 Å². The summed E-state index contributed by atoms with van der Waals surface area (Å²) in [6.45, 7) is 5.10. The zero-order valence-corrected chi connectivity index (χ0v) is 11.0. The van der Waals surface area contributed by atoms with Gasteiger partial charge in [-0.25, -0.2) is 4.39 Å². The number of nitrogen functional groups attached to an aromatic ring is 1. The van der Waals surface area contributed by atoms with Crippen molar-refractivity contribution in [3.05, 3.63) is 22.4 Å². The number of nitrogens with two attached hydrogens (primary N) is 1. The van der Waals surface area contributed by atoms with Crippen LogP contribution in [0.4, 0.5) is 15.8 Å². The Morgan fingerprint density at radius 2 is 2.19 bits per heavy atom. The third kappa shape index (κ3) is 3.98. The second-order valence-corrected chi connectivity index (χ2v) is 4.55. The topological polar surface area (TPSA) is 47.3 Å². The van der Waals surface area contributed by atoms with Crippen LogP contribution in [0.2, 0.25) is 0 Å². The molecule has 3 nitrogen and oxygen atoms in total. The van der Waals surface area contributed by atoms with Gasteiger partial charge < -0.3 is 15.8 Å². The molecule has 16 heavy (non-hydrogen) atoms. The van der Waals surface area contributed by atoms with E-state index in [0.29, 0.717) is 29.0 Å². The predicted molar refractivity (Wildman–Crippen MR) is 68.1 cm³/mol. The molecule has 0 bridgehead atoms. The number of hydrogen-bond donors (Lipinski definition) is 2. The van der Waals surface area contributed by atoms with Gasteiger partial charge in [-0.05, 0) is 35.8 Å². The number of rotatable bonds is 5. The molecule has 1 aromatic carbocycles. The van der Waals surface area contributed by atoms with Gasteiger partial charge in [0.15, 0.2) is 0 Å². The van der Waals surface area contributed by atoms with E-state index < -0.39 is 0 Å². The largest absolute Gasteiger partial charge is 0.397 e. The molecule has 0 aromatic heterocycles. The van der Waals surface area contributed by atoms with E-state index >= 15 is 0 Å². The third-order valence-corrected chi connectivity index (χ3v) is 2.57. The lowest BCUT2D eigenvalue weighted by molar-refractivity contribution is 0.0870. The Labute approximate surface area is 103 Å². The fraction of sp³-hybridized carbons (Fsp3) is 0.455. The summed E-state index contributed by atoms with van der Waals surface area (Å²) in [7, 11) is 0. The Hall–Kier alpha value is -0.810. The van der Waals surface area contributed by atoms with Gasteiger partial charge in [-0.1, -0.05) is 0 Å². The molecule has 0 aliphatic heterocycles. The fourth-order valence-electron chi connectivity index (χ4n) is 1.20. The highest BCUT2D eigenvalue weighted by molar-refractivity contribution is 9.10. The van der Waals surface area contributed by atoms with E-state index in [-0.39, 0.29) is 11.9 Å². The molecule has 0 amide bonds. The first-order chi connectivity index (χ1) is 7.50. The molecule has 3 N–H and O–H groups in total. The molecule has 1 rings (SSSR count). The van der Waals surface area contributed by atoms with Crippen molar-refractivity contribution in [1.29, 1.82) is 0 Å². The summed E-state index contributed by atoms with van der Waals surface area (Å²) in [4.78, 5) is 0. The van der Waals surface area contributed by atoms with Crippen LogP contribution >= 0.6 is 15.9 Å². The molecule has 1 aromatic rings. The molecule has 0 saturated carbocycles. The van der Waals surface area contributed by atoms with Gasteiger partial charge in [0.05, 0.1) is 28.6 Å². The highest BCUT2D eigenvalue weighted by Crippen LogP contribution is 2.26. The predicted octanol–water partition coefficient (Wildman–Crippen LogP) is 3.01. The van der Waals surface area contributed by atoms with Crippen LogP contribution in [0.25, 0.3) is 0 Å². The Morgan fingerprint density at radius 3 is 2.81 bits per heavy atom. The second-order valence-electron chi connectivity index (χ2n) is 3.70. The van der Waals surface area contributed by atoms with Crippen molar-refractivity contribution in [3.63, 3.8) is 0 Å². The van der Waals surface area contributed by atoms with Gasteiger partial charge in [0.25, 0.3) is 0 Å². The molecule has 5 heteroatoms. The summed E-state index contributed by atoms with van der Waals surface area (Å²) >= 11 is 3.07. The number of hydrogen-bond acceptors (Lipinski definition) is 3. The highest BCUT2D eigenvalue weighted by Gasteiger charge is 2.05. The van der Waals surface area contributed by atoms with Crippen LogP contribution in [-0.2, 0) is 4.74 Å². The summed E-state index contributed by atoms with van der Waals surface area (Å²) in [5, 5.41) is 3.03. The normalized spacial score (nSPS) is 10.8. The minimum atomic E-state index is -0.332. The van der Waals surface area contributed by atoms with Crippen molar-refractivity contribution in [2.24, 2.45) is 0 Å². The van der Waals surface area contributed by atoms with Crippen LogP contribution in [0.15, 0.2) is 16.6 Å². The molecule has 0 fully saturated rings. The second kappa shape index (κ2) is 6.06. The van der Waals surface area contributed by atoms with Crippen LogP contribution < -0.4 is 11.1 Å². The zero-order chi connectivity index (χ0) is 12.1. The van der Waals surface area contributed by atoms with Gasteiger partial charge in [0.1, 0.15) is 5.82 Å². The van der Waals surface area contributed by atoms with Gasteiger partial charge in [-0.2, -0.15) is 0 Å². The molecule has 0 radical (unpaired) electrons. The Balaban J connectivity index is 2.51. The number of nitrogens with one attached hydrogen (secondary N) is 1. The lowest BCUT2D eigenvalue weighted by Gasteiger charge is -2.11. The Kier molecular flexibility index (Phi) is 5.02. The molecule has 90 valence electrons. The summed E-state index contributed by atoms with van der Waals surface area (Å²) in [5.74, 6) is -0.332. The van der Waals surface area contributed by atoms with Gasteiger partial charge in [-0.3, -0.25) is 0 Å². The molecule has 0 heterocycles. The summed E-state index contributed by atoms with van der Waals surface area (Å²) in [6, 6.07) is 2.91. The van der Waals surface area contributed by atoms with Gasteiger partial charge in [0.2, 0.25) is 0 Å². The smallest absolute Gasteiger partial charge is 0.139 e. The number of benzene rings is 1. The molecule has 0 atom stereocenters. The minimum absolute atomic E-state index is 0.195. The molecule has 0 saturated heterocycles. The average molecular weight is 291 g/mol. The molecular weight excluding hydrogens is 275 g/mol. The first-order valence-corrected chi connectivity index (χ1v) is 5.90. The van der Waals surface area contributed by atoms with Crippen molar-refractivity contribution in [2.45, 2.75) is 20.0 Å². The molecule has 0 unspecified atom stereocenters. The fourth-order valence-corrected chi connectivity index (χ4v) is 1.56. The van der Waals surface area contributed by atoms with E-state index in [4.69, 9.17) is 10.5 Å². The van der Waals surface area contributed by atoms with Crippen LogP contribution in [0.1, 0.15) is 13.8 Å². The summed E-state index contributed by atoms with van der Waals surface area (Å²) in [5.41, 5.74) is 6.83. The van der Waals surface area contributed by atoms with Crippen molar-refractivity contribution < 1.29 is 9.13 Å². The van der Waals surface area contributed by atoms with Crippen LogP contribution in [0, 0.1) is 5.82 Å². The first-order valence-electron chi connectivity index (χ1n) is 5.10. The van der Waals surface area contributed by atoms with Crippen molar-refractivity contribution in [1.82, 2.24) is 0 Å². The maximum Gasteiger partial charge on any atom is 0.139 e. The lowest BCUT2D eigenvalue weighted by Crippen LogP contribution is -2.14. The highest BCUT2D eigenvalue weighted by atomic mass is 79.9. The minimum Gasteiger partial charge on any atom is -0.397 e. The summed E-state index contributed by atoms with van der Waals surface area (Å²) in [6.07, 6.45) is 0.195. The van der Waals surface area contributed by atoms with Crippen molar-refractivity contribution in [3.8, 4) is 0 Å². The quantitative estimate of drug-likeness (QED) is 0.647. The van der Waals surface area contributed by atoms with E-state index in [9.17, 15) is 4.39 Å². The molecule has 0 spiro atoms. The van der Waals surface area contributed by atoms with Crippen molar-refractivity contribution in [2.75, 3.05) is 24.2 Å². The monoisotopic (exact) mass is 290 g/mol. The van der Waals surface area contributed by atoms with Gasteiger partial charge in [0, 0.05) is 12.6 Å². The van der Waals surface area contributed by atoms with E-state index in [1.807, 2.05) is 13.8 Å². The number of ether oxygens (including phenoxy) is 1. The van der Waals surface area contributed by atoms with E-state index in [0.717, 1.165) is 0 Å². The summed E-state index contributed by atoms with van der Waals surface area (Å²) < 4.78 is 18.9. The number of halogens is 2. The van der Waals surface area contributed by atoms with Gasteiger partial charge in [-0.15, -0.1) is 0 Å². The maximum atomic E-state index is 13.2. The standard InChI is InChI=1S/C11H16BrFN2O/c1-7(2)16-4-3-15-11-6-9(13)8(12)5-10(11)14/h5-7,15H,3-4,14H2,1-2H3. The first kappa shape index (κ1) is 13.3. The third-order valence-electron chi connectivity index (χ3n) is 1.96. The SMILES string of the molecule is CC(C)OCCNc1cc(F)c(Br)cc1N. The maximum absolute atomic E-state index is 13.2. The Bertz CT molecular complexity index is 358. The van der Waals surface area contributed by atoms with Crippen LogP contribution in [0.5, 0.6) is 0 Å². The molecule has 0 aliphatic rings. The Morgan fingerprint density at radius 1 is 1.50 bits per heavy atom. The molecular formula is C11H16BrFN2O. The molecule has 0 aliphatic carbocycles. The van der Waals surface area contributed by atoms with Crippen LogP contribution in [-0.4, -0.2) is 19.3 Å². The van der Waals surface area contributed by atoms with E-state index in [2.05, 4.69) is 21.2 Å². The zero-order valence-electron chi connectivity index (χ0n) is 9.39. The van der Waals surface area contributed by atoms with E-state index in [1.54, 1.807) is 6.07 Å². The number of anilines is 2. The van der Waals surface area contributed by atoms with Crippen LogP contribution in [0.3, 0.4) is 0 Å². The van der Waals surface area contributed by atoms with E-state index in [1.165, 1.54) is 6.07 Å².